The van der Waals surface area contributed by atoms with Crippen LogP contribution in [0.1, 0.15) is 37.8 Å². The van der Waals surface area contributed by atoms with Crippen LogP contribution in [0.25, 0.3) is 0 Å². The van der Waals surface area contributed by atoms with Crippen molar-refractivity contribution in [3.05, 3.63) is 42.1 Å². The number of aryl methyl sites for hydroxylation is 1. The molecular weight excluding hydrogens is 214 g/mol. The van der Waals surface area contributed by atoms with Gasteiger partial charge >= 0.3 is 0 Å². The van der Waals surface area contributed by atoms with Gasteiger partial charge in [0.15, 0.2) is 0 Å². The van der Waals surface area contributed by atoms with Gasteiger partial charge in [-0.1, -0.05) is 6.92 Å². The van der Waals surface area contributed by atoms with Crippen LogP contribution in [0.15, 0.2) is 35.1 Å². The van der Waals surface area contributed by atoms with E-state index >= 15 is 0 Å². The number of hydrogen-bond acceptors (Lipinski definition) is 3. The van der Waals surface area contributed by atoms with Gasteiger partial charge in [0, 0.05) is 19.3 Å². The molecule has 4 heteroatoms. The normalized spacial score (nSPS) is 12.8. The van der Waals surface area contributed by atoms with Gasteiger partial charge in [-0.3, -0.25) is 4.68 Å². The predicted octanol–water partition coefficient (Wildman–Crippen LogP) is 2.74. The van der Waals surface area contributed by atoms with Crippen molar-refractivity contribution in [2.75, 3.05) is 0 Å². The third-order valence-electron chi connectivity index (χ3n) is 2.80. The molecular formula is C13H19N3O. The SMILES string of the molecule is CCCn1nccc1CN[C@@H](C)c1ccco1. The molecule has 0 saturated carbocycles. The van der Waals surface area contributed by atoms with Crippen LogP contribution < -0.4 is 5.32 Å². The van der Waals surface area contributed by atoms with Crippen LogP contribution in [0.5, 0.6) is 0 Å². The van der Waals surface area contributed by atoms with Crippen LogP contribution in [0.2, 0.25) is 0 Å². The molecule has 0 spiro atoms. The predicted molar refractivity (Wildman–Crippen MR) is 66.5 cm³/mol. The molecule has 0 aliphatic heterocycles. The smallest absolute Gasteiger partial charge is 0.120 e. The number of aromatic nitrogens is 2. The third kappa shape index (κ3) is 2.97. The summed E-state index contributed by atoms with van der Waals surface area (Å²) in [6.07, 6.45) is 4.65. The van der Waals surface area contributed by atoms with Crippen molar-refractivity contribution in [1.29, 1.82) is 0 Å². The fourth-order valence-electron chi connectivity index (χ4n) is 1.82. The zero-order valence-corrected chi connectivity index (χ0v) is 10.4. The standard InChI is InChI=1S/C13H19N3O/c1-3-8-16-12(6-7-15-16)10-14-11(2)13-5-4-9-17-13/h4-7,9,11,14H,3,8,10H2,1-2H3/t11-/m0/s1. The molecule has 2 rings (SSSR count). The first-order valence-corrected chi connectivity index (χ1v) is 6.08. The Kier molecular flexibility index (Phi) is 3.98. The van der Waals surface area contributed by atoms with E-state index in [1.54, 1.807) is 6.26 Å². The number of nitrogens with one attached hydrogen (secondary N) is 1. The molecule has 0 bridgehead atoms. The molecule has 0 saturated heterocycles. The molecule has 1 atom stereocenters. The van der Waals surface area contributed by atoms with E-state index in [9.17, 15) is 0 Å². The summed E-state index contributed by atoms with van der Waals surface area (Å²) < 4.78 is 7.40. The fraction of sp³-hybridized carbons (Fsp3) is 0.462. The van der Waals surface area contributed by atoms with Gasteiger partial charge in [-0.2, -0.15) is 5.10 Å². The lowest BCUT2D eigenvalue weighted by atomic mass is 10.2. The second kappa shape index (κ2) is 5.68. The Labute approximate surface area is 102 Å². The molecule has 92 valence electrons. The Morgan fingerprint density at radius 1 is 1.47 bits per heavy atom. The molecule has 0 fully saturated rings. The first-order valence-electron chi connectivity index (χ1n) is 6.08. The highest BCUT2D eigenvalue weighted by molar-refractivity contribution is 5.05. The summed E-state index contributed by atoms with van der Waals surface area (Å²) in [5, 5.41) is 7.73. The Hall–Kier alpha value is -1.55. The second-order valence-corrected chi connectivity index (χ2v) is 4.16. The molecule has 0 aliphatic rings. The van der Waals surface area contributed by atoms with E-state index in [4.69, 9.17) is 4.42 Å². The van der Waals surface area contributed by atoms with Crippen molar-refractivity contribution in [2.24, 2.45) is 0 Å². The summed E-state index contributed by atoms with van der Waals surface area (Å²) in [6.45, 7) is 6.03. The summed E-state index contributed by atoms with van der Waals surface area (Å²) in [6, 6.07) is 6.17. The van der Waals surface area contributed by atoms with E-state index in [0.717, 1.165) is 25.3 Å². The monoisotopic (exact) mass is 233 g/mol. The zero-order valence-electron chi connectivity index (χ0n) is 10.4. The summed E-state index contributed by atoms with van der Waals surface area (Å²) in [4.78, 5) is 0. The minimum atomic E-state index is 0.218. The Bertz CT molecular complexity index is 433. The molecule has 4 nitrogen and oxygen atoms in total. The lowest BCUT2D eigenvalue weighted by Crippen LogP contribution is -2.20. The Morgan fingerprint density at radius 3 is 3.06 bits per heavy atom. The molecule has 0 aromatic carbocycles. The van der Waals surface area contributed by atoms with E-state index < -0.39 is 0 Å². The van der Waals surface area contributed by atoms with Crippen LogP contribution in [0, 0.1) is 0 Å². The van der Waals surface area contributed by atoms with Gasteiger partial charge in [-0.25, -0.2) is 0 Å². The summed E-state index contributed by atoms with van der Waals surface area (Å²) in [7, 11) is 0. The van der Waals surface area contributed by atoms with Crippen LogP contribution in [-0.2, 0) is 13.1 Å². The van der Waals surface area contributed by atoms with Gasteiger partial charge in [-0.15, -0.1) is 0 Å². The molecule has 1 N–H and O–H groups in total. The van der Waals surface area contributed by atoms with Crippen LogP contribution in [0.4, 0.5) is 0 Å². The zero-order chi connectivity index (χ0) is 12.1. The molecule has 0 radical (unpaired) electrons. The maximum absolute atomic E-state index is 5.36. The van der Waals surface area contributed by atoms with Crippen molar-refractivity contribution >= 4 is 0 Å². The number of hydrogen-bond donors (Lipinski definition) is 1. The molecule has 2 aromatic rings. The lowest BCUT2D eigenvalue weighted by molar-refractivity contribution is 0.423. The highest BCUT2D eigenvalue weighted by atomic mass is 16.3. The molecule has 2 aromatic heterocycles. The van der Waals surface area contributed by atoms with Crippen LogP contribution >= 0.6 is 0 Å². The van der Waals surface area contributed by atoms with Crippen molar-refractivity contribution in [3.8, 4) is 0 Å². The first-order chi connectivity index (χ1) is 8.31. The average Bonchev–Trinajstić information content (AvgIpc) is 2.97. The van der Waals surface area contributed by atoms with Gasteiger partial charge in [0.2, 0.25) is 0 Å². The van der Waals surface area contributed by atoms with Crippen molar-refractivity contribution in [3.63, 3.8) is 0 Å². The number of furan rings is 1. The average molecular weight is 233 g/mol. The second-order valence-electron chi connectivity index (χ2n) is 4.16. The first kappa shape index (κ1) is 11.9. The number of nitrogens with zero attached hydrogens (tertiary/aromatic N) is 2. The van der Waals surface area contributed by atoms with E-state index in [0.29, 0.717) is 0 Å². The van der Waals surface area contributed by atoms with E-state index in [2.05, 4.69) is 30.3 Å². The fourth-order valence-corrected chi connectivity index (χ4v) is 1.82. The highest BCUT2D eigenvalue weighted by Gasteiger charge is 2.08. The topological polar surface area (TPSA) is 43.0 Å². The largest absolute Gasteiger partial charge is 0.468 e. The minimum absolute atomic E-state index is 0.218. The summed E-state index contributed by atoms with van der Waals surface area (Å²) in [5.41, 5.74) is 1.21. The maximum atomic E-state index is 5.36. The third-order valence-corrected chi connectivity index (χ3v) is 2.80. The molecule has 2 heterocycles. The Balaban J connectivity index is 1.91. The van der Waals surface area contributed by atoms with Gasteiger partial charge < -0.3 is 9.73 Å². The maximum Gasteiger partial charge on any atom is 0.120 e. The van der Waals surface area contributed by atoms with Crippen molar-refractivity contribution in [1.82, 2.24) is 15.1 Å². The van der Waals surface area contributed by atoms with Crippen molar-refractivity contribution in [2.45, 2.75) is 39.4 Å². The van der Waals surface area contributed by atoms with Gasteiger partial charge in [0.25, 0.3) is 0 Å². The van der Waals surface area contributed by atoms with E-state index in [1.807, 2.05) is 23.0 Å². The van der Waals surface area contributed by atoms with Crippen LogP contribution in [-0.4, -0.2) is 9.78 Å². The number of rotatable bonds is 6. The highest BCUT2D eigenvalue weighted by Crippen LogP contribution is 2.13. The Morgan fingerprint density at radius 2 is 2.35 bits per heavy atom. The summed E-state index contributed by atoms with van der Waals surface area (Å²) in [5.74, 6) is 0.964. The van der Waals surface area contributed by atoms with Crippen molar-refractivity contribution < 1.29 is 4.42 Å². The van der Waals surface area contributed by atoms with Crippen LogP contribution in [0.3, 0.4) is 0 Å². The molecule has 0 amide bonds. The van der Waals surface area contributed by atoms with E-state index in [1.165, 1.54) is 5.69 Å². The molecule has 0 unspecified atom stereocenters. The minimum Gasteiger partial charge on any atom is -0.468 e. The van der Waals surface area contributed by atoms with Gasteiger partial charge in [0.05, 0.1) is 18.0 Å². The van der Waals surface area contributed by atoms with Gasteiger partial charge in [-0.05, 0) is 31.5 Å². The molecule has 17 heavy (non-hydrogen) atoms. The van der Waals surface area contributed by atoms with E-state index in [-0.39, 0.29) is 6.04 Å². The summed E-state index contributed by atoms with van der Waals surface area (Å²) >= 11 is 0. The lowest BCUT2D eigenvalue weighted by Gasteiger charge is -2.12. The quantitative estimate of drug-likeness (QED) is 0.834. The van der Waals surface area contributed by atoms with Gasteiger partial charge in [0.1, 0.15) is 5.76 Å². The molecule has 0 aliphatic carbocycles.